The predicted octanol–water partition coefficient (Wildman–Crippen LogP) is 4.36. The van der Waals surface area contributed by atoms with Crippen LogP contribution in [0.25, 0.3) is 17.0 Å². The lowest BCUT2D eigenvalue weighted by Gasteiger charge is -2.18. The molecule has 0 radical (unpaired) electrons. The zero-order chi connectivity index (χ0) is 21.1. The van der Waals surface area contributed by atoms with E-state index in [1.807, 2.05) is 54.4 Å². The average molecular weight is 402 g/mol. The second kappa shape index (κ2) is 8.57. The van der Waals surface area contributed by atoms with E-state index in [1.165, 1.54) is 0 Å². The molecule has 0 unspecified atom stereocenters. The molecule has 2 amide bonds. The van der Waals surface area contributed by atoms with Crippen molar-refractivity contribution in [2.75, 3.05) is 13.1 Å². The SMILES string of the molecule is CCn1cc(C=C(NC(=O)c2ccc(C)cc2)C(=O)N2CCCC2)c2ccccc21. The summed E-state index contributed by atoms with van der Waals surface area (Å²) in [5.41, 5.74) is 3.99. The molecular formula is C25H27N3O2. The summed E-state index contributed by atoms with van der Waals surface area (Å²) in [7, 11) is 0. The number of hydrogen-bond donors (Lipinski definition) is 1. The predicted molar refractivity (Wildman–Crippen MR) is 120 cm³/mol. The molecule has 0 aliphatic carbocycles. The fourth-order valence-electron chi connectivity index (χ4n) is 3.95. The molecule has 1 aliphatic rings. The van der Waals surface area contributed by atoms with E-state index in [0.717, 1.165) is 54.5 Å². The van der Waals surface area contributed by atoms with Crippen molar-refractivity contribution in [1.29, 1.82) is 0 Å². The van der Waals surface area contributed by atoms with E-state index >= 15 is 0 Å². The van der Waals surface area contributed by atoms with Crippen LogP contribution in [-0.2, 0) is 11.3 Å². The molecule has 1 saturated heterocycles. The van der Waals surface area contributed by atoms with E-state index in [9.17, 15) is 9.59 Å². The fourth-order valence-corrected chi connectivity index (χ4v) is 3.95. The molecule has 3 aromatic rings. The summed E-state index contributed by atoms with van der Waals surface area (Å²) in [5, 5.41) is 3.96. The number of aromatic nitrogens is 1. The number of aryl methyl sites for hydroxylation is 2. The van der Waals surface area contributed by atoms with Gasteiger partial charge in [0.25, 0.3) is 11.8 Å². The van der Waals surface area contributed by atoms with Crippen molar-refractivity contribution in [3.63, 3.8) is 0 Å². The number of rotatable bonds is 5. The van der Waals surface area contributed by atoms with Crippen LogP contribution in [0.1, 0.15) is 41.3 Å². The summed E-state index contributed by atoms with van der Waals surface area (Å²) in [5.74, 6) is -0.394. The Kier molecular flexibility index (Phi) is 5.70. The molecule has 5 nitrogen and oxygen atoms in total. The molecule has 5 heteroatoms. The molecule has 1 aliphatic heterocycles. The van der Waals surface area contributed by atoms with Crippen molar-refractivity contribution in [2.45, 2.75) is 33.2 Å². The number of carbonyl (C=O) groups is 2. The number of likely N-dealkylation sites (tertiary alicyclic amines) is 1. The van der Waals surface area contributed by atoms with Crippen LogP contribution in [0.4, 0.5) is 0 Å². The van der Waals surface area contributed by atoms with Gasteiger partial charge in [0.2, 0.25) is 0 Å². The molecule has 2 aromatic carbocycles. The number of para-hydroxylation sites is 1. The van der Waals surface area contributed by atoms with E-state index < -0.39 is 0 Å². The highest BCUT2D eigenvalue weighted by Crippen LogP contribution is 2.24. The van der Waals surface area contributed by atoms with E-state index in [2.05, 4.69) is 22.9 Å². The maximum atomic E-state index is 13.2. The normalized spacial score (nSPS) is 14.3. The van der Waals surface area contributed by atoms with Crippen LogP contribution in [0, 0.1) is 6.92 Å². The highest BCUT2D eigenvalue weighted by molar-refractivity contribution is 6.06. The third kappa shape index (κ3) is 4.01. The molecule has 1 N–H and O–H groups in total. The van der Waals surface area contributed by atoms with Crippen LogP contribution < -0.4 is 5.32 Å². The van der Waals surface area contributed by atoms with Gasteiger partial charge in [0.15, 0.2) is 0 Å². The molecule has 1 fully saturated rings. The summed E-state index contributed by atoms with van der Waals surface area (Å²) in [6.45, 7) is 6.36. The Balaban J connectivity index is 1.72. The van der Waals surface area contributed by atoms with E-state index in [0.29, 0.717) is 11.3 Å². The zero-order valence-electron chi connectivity index (χ0n) is 17.5. The molecular weight excluding hydrogens is 374 g/mol. The van der Waals surface area contributed by atoms with Crippen LogP contribution >= 0.6 is 0 Å². The van der Waals surface area contributed by atoms with E-state index in [4.69, 9.17) is 0 Å². The topological polar surface area (TPSA) is 54.3 Å². The summed E-state index contributed by atoms with van der Waals surface area (Å²) in [6.07, 6.45) is 5.86. The molecule has 4 rings (SSSR count). The molecule has 0 saturated carbocycles. The maximum Gasteiger partial charge on any atom is 0.270 e. The minimum absolute atomic E-state index is 0.124. The minimum Gasteiger partial charge on any atom is -0.347 e. The number of carbonyl (C=O) groups excluding carboxylic acids is 2. The molecule has 30 heavy (non-hydrogen) atoms. The fraction of sp³-hybridized carbons (Fsp3) is 0.280. The van der Waals surface area contributed by atoms with Gasteiger partial charge in [-0.15, -0.1) is 0 Å². The second-order valence-electron chi connectivity index (χ2n) is 7.77. The number of amides is 2. The first kappa shape index (κ1) is 20.0. The smallest absolute Gasteiger partial charge is 0.270 e. The van der Waals surface area contributed by atoms with Gasteiger partial charge in [0.05, 0.1) is 0 Å². The highest BCUT2D eigenvalue weighted by Gasteiger charge is 2.24. The zero-order valence-corrected chi connectivity index (χ0v) is 17.5. The van der Waals surface area contributed by atoms with Gasteiger partial charge in [-0.1, -0.05) is 35.9 Å². The summed E-state index contributed by atoms with van der Waals surface area (Å²) < 4.78 is 2.15. The Morgan fingerprint density at radius 2 is 1.73 bits per heavy atom. The first-order valence-electron chi connectivity index (χ1n) is 10.5. The minimum atomic E-state index is -0.270. The molecule has 1 aromatic heterocycles. The van der Waals surface area contributed by atoms with Gasteiger partial charge in [-0.05, 0) is 51.0 Å². The van der Waals surface area contributed by atoms with Gasteiger partial charge < -0.3 is 14.8 Å². The maximum absolute atomic E-state index is 13.2. The molecule has 2 heterocycles. The number of hydrogen-bond acceptors (Lipinski definition) is 2. The number of nitrogens with one attached hydrogen (secondary N) is 1. The first-order valence-corrected chi connectivity index (χ1v) is 10.5. The Morgan fingerprint density at radius 1 is 1.03 bits per heavy atom. The lowest BCUT2D eigenvalue weighted by molar-refractivity contribution is -0.126. The first-order chi connectivity index (χ1) is 14.6. The Bertz CT molecular complexity index is 1100. The summed E-state index contributed by atoms with van der Waals surface area (Å²) in [4.78, 5) is 27.9. The summed E-state index contributed by atoms with van der Waals surface area (Å²) >= 11 is 0. The van der Waals surface area contributed by atoms with Gasteiger partial charge in [0, 0.05) is 47.9 Å². The van der Waals surface area contributed by atoms with Gasteiger partial charge >= 0.3 is 0 Å². The summed E-state index contributed by atoms with van der Waals surface area (Å²) in [6, 6.07) is 15.5. The lowest BCUT2D eigenvalue weighted by Crippen LogP contribution is -2.36. The van der Waals surface area contributed by atoms with Crippen molar-refractivity contribution >= 4 is 28.8 Å². The standard InChI is InChI=1S/C25H27N3O2/c1-3-27-17-20(21-8-4-5-9-23(21)27)16-22(25(30)28-14-6-7-15-28)26-24(29)19-12-10-18(2)11-13-19/h4-5,8-13,16-17H,3,6-7,14-15H2,1-2H3,(H,26,29). The number of fused-ring (bicyclic) bond motifs is 1. The van der Waals surface area contributed by atoms with Crippen molar-refractivity contribution < 1.29 is 9.59 Å². The van der Waals surface area contributed by atoms with Crippen molar-refractivity contribution in [3.05, 3.63) is 77.1 Å². The van der Waals surface area contributed by atoms with E-state index in [1.54, 1.807) is 12.1 Å². The van der Waals surface area contributed by atoms with E-state index in [-0.39, 0.29) is 11.8 Å². The van der Waals surface area contributed by atoms with Gasteiger partial charge in [-0.25, -0.2) is 0 Å². The monoisotopic (exact) mass is 401 g/mol. The van der Waals surface area contributed by atoms with Gasteiger partial charge in [0.1, 0.15) is 5.70 Å². The third-order valence-corrected chi connectivity index (χ3v) is 5.65. The van der Waals surface area contributed by atoms with Crippen LogP contribution in [0.15, 0.2) is 60.4 Å². The molecule has 0 spiro atoms. The number of nitrogens with zero attached hydrogens (tertiary/aromatic N) is 2. The molecule has 0 bridgehead atoms. The Morgan fingerprint density at radius 3 is 2.43 bits per heavy atom. The Labute approximate surface area is 177 Å². The van der Waals surface area contributed by atoms with Crippen LogP contribution in [-0.4, -0.2) is 34.4 Å². The Hall–Kier alpha value is -3.34. The van der Waals surface area contributed by atoms with Crippen molar-refractivity contribution in [2.24, 2.45) is 0 Å². The second-order valence-corrected chi connectivity index (χ2v) is 7.77. The third-order valence-electron chi connectivity index (χ3n) is 5.65. The lowest BCUT2D eigenvalue weighted by atomic mass is 10.1. The largest absolute Gasteiger partial charge is 0.347 e. The average Bonchev–Trinajstić information content (AvgIpc) is 3.42. The highest BCUT2D eigenvalue weighted by atomic mass is 16.2. The number of benzene rings is 2. The van der Waals surface area contributed by atoms with Gasteiger partial charge in [-0.3, -0.25) is 9.59 Å². The quantitative estimate of drug-likeness (QED) is 0.646. The van der Waals surface area contributed by atoms with Crippen molar-refractivity contribution in [3.8, 4) is 0 Å². The van der Waals surface area contributed by atoms with Crippen molar-refractivity contribution in [1.82, 2.24) is 14.8 Å². The van der Waals surface area contributed by atoms with Crippen LogP contribution in [0.5, 0.6) is 0 Å². The molecule has 154 valence electrons. The van der Waals surface area contributed by atoms with Crippen LogP contribution in [0.2, 0.25) is 0 Å². The van der Waals surface area contributed by atoms with Crippen LogP contribution in [0.3, 0.4) is 0 Å². The molecule has 0 atom stereocenters. The van der Waals surface area contributed by atoms with Gasteiger partial charge in [-0.2, -0.15) is 0 Å².